The summed E-state index contributed by atoms with van der Waals surface area (Å²) in [6, 6.07) is 6.24. The lowest BCUT2D eigenvalue weighted by molar-refractivity contribution is -0.384. The molecule has 0 aliphatic carbocycles. The Hall–Kier alpha value is -3.21. The van der Waals surface area contributed by atoms with Crippen LogP contribution in [0.3, 0.4) is 0 Å². The maximum Gasteiger partial charge on any atom is 0.269 e. The molecule has 0 atom stereocenters. The first-order chi connectivity index (χ1) is 14.0. The Morgan fingerprint density at radius 3 is 2.59 bits per heavy atom. The molecule has 1 amide bonds. The number of fused-ring (bicyclic) bond motifs is 1. The van der Waals surface area contributed by atoms with Crippen LogP contribution in [0.4, 0.5) is 11.5 Å². The summed E-state index contributed by atoms with van der Waals surface area (Å²) >= 11 is 1.39. The molecule has 1 aliphatic heterocycles. The number of hydrogen-bond donors (Lipinski definition) is 0. The van der Waals surface area contributed by atoms with E-state index in [9.17, 15) is 14.9 Å². The van der Waals surface area contributed by atoms with Gasteiger partial charge in [0.05, 0.1) is 22.3 Å². The molecule has 3 aromatic rings. The Balaban J connectivity index is 1.33. The van der Waals surface area contributed by atoms with E-state index in [0.29, 0.717) is 31.9 Å². The average molecular weight is 413 g/mol. The molecule has 2 aromatic heterocycles. The lowest BCUT2D eigenvalue weighted by Crippen LogP contribution is -2.49. The van der Waals surface area contributed by atoms with Crippen LogP contribution in [0.15, 0.2) is 41.7 Å². The zero-order valence-corrected chi connectivity index (χ0v) is 16.6. The van der Waals surface area contributed by atoms with Gasteiger partial charge in [0, 0.05) is 50.3 Å². The quantitative estimate of drug-likeness (QED) is 0.353. The smallest absolute Gasteiger partial charge is 0.269 e. The summed E-state index contributed by atoms with van der Waals surface area (Å²) in [5.74, 6) is 1.20. The number of carbonyl (C=O) groups excluding carboxylic acids is 1. The van der Waals surface area contributed by atoms with Crippen molar-refractivity contribution >= 4 is 40.2 Å². The van der Waals surface area contributed by atoms with Crippen molar-refractivity contribution in [3.63, 3.8) is 0 Å². The third-order valence-electron chi connectivity index (χ3n) is 4.85. The molecule has 29 heavy (non-hydrogen) atoms. The first-order valence-electron chi connectivity index (χ1n) is 9.05. The van der Waals surface area contributed by atoms with Crippen LogP contribution in [-0.2, 0) is 11.8 Å². The minimum Gasteiger partial charge on any atom is -0.352 e. The predicted octanol–water partition coefficient (Wildman–Crippen LogP) is 1.71. The lowest BCUT2D eigenvalue weighted by atomic mass is 10.3. The van der Waals surface area contributed by atoms with Crippen LogP contribution in [-0.4, -0.2) is 67.4 Å². The van der Waals surface area contributed by atoms with Gasteiger partial charge in [-0.15, -0.1) is 11.8 Å². The van der Waals surface area contributed by atoms with E-state index in [1.807, 2.05) is 11.9 Å². The molecule has 0 spiro atoms. The maximum absolute atomic E-state index is 12.5. The van der Waals surface area contributed by atoms with Crippen molar-refractivity contribution in [2.45, 2.75) is 4.90 Å². The number of carbonyl (C=O) groups is 1. The van der Waals surface area contributed by atoms with E-state index < -0.39 is 4.92 Å². The molecule has 0 bridgehead atoms. The van der Waals surface area contributed by atoms with E-state index in [1.165, 1.54) is 30.2 Å². The van der Waals surface area contributed by atoms with E-state index in [-0.39, 0.29) is 11.6 Å². The normalized spacial score (nSPS) is 14.4. The van der Waals surface area contributed by atoms with E-state index in [0.717, 1.165) is 21.7 Å². The van der Waals surface area contributed by atoms with Crippen LogP contribution in [0.5, 0.6) is 0 Å². The number of aryl methyl sites for hydroxylation is 1. The molecule has 0 saturated carbocycles. The summed E-state index contributed by atoms with van der Waals surface area (Å²) in [5, 5.41) is 15.9. The average Bonchev–Trinajstić information content (AvgIpc) is 3.13. The van der Waals surface area contributed by atoms with Crippen LogP contribution in [0.25, 0.3) is 11.0 Å². The molecule has 10 nitrogen and oxygen atoms in total. The highest BCUT2D eigenvalue weighted by Crippen LogP contribution is 2.24. The number of nitro groups is 1. The van der Waals surface area contributed by atoms with Crippen LogP contribution < -0.4 is 4.90 Å². The van der Waals surface area contributed by atoms with Crippen LogP contribution >= 0.6 is 11.8 Å². The molecule has 0 unspecified atom stereocenters. The minimum absolute atomic E-state index is 0.0456. The summed E-state index contributed by atoms with van der Waals surface area (Å²) in [6.45, 7) is 2.61. The standard InChI is InChI=1S/C18H19N7O3S/c1-22-17-15(10-21-22)18(20-12-19-17)24-8-6-23(7-9-24)16(26)11-29-14-4-2-13(3-5-14)25(27)28/h2-5,10,12H,6-9,11H2,1H3. The molecule has 0 N–H and O–H groups in total. The first-order valence-corrected chi connectivity index (χ1v) is 10.0. The van der Waals surface area contributed by atoms with Gasteiger partial charge in [-0.1, -0.05) is 0 Å². The summed E-state index contributed by atoms with van der Waals surface area (Å²) < 4.78 is 1.72. The molecule has 4 rings (SSSR count). The predicted molar refractivity (Wildman–Crippen MR) is 109 cm³/mol. The van der Waals surface area contributed by atoms with Gasteiger partial charge in [0.2, 0.25) is 5.91 Å². The van der Waals surface area contributed by atoms with Gasteiger partial charge < -0.3 is 9.80 Å². The Kier molecular flexibility index (Phi) is 5.30. The van der Waals surface area contributed by atoms with Crippen molar-refractivity contribution in [3.8, 4) is 0 Å². The summed E-state index contributed by atoms with van der Waals surface area (Å²) in [6.07, 6.45) is 3.31. The molecule has 150 valence electrons. The van der Waals surface area contributed by atoms with Crippen molar-refractivity contribution in [1.29, 1.82) is 0 Å². The van der Waals surface area contributed by atoms with E-state index in [2.05, 4.69) is 20.0 Å². The Morgan fingerprint density at radius 2 is 1.90 bits per heavy atom. The fourth-order valence-electron chi connectivity index (χ4n) is 3.27. The number of non-ortho nitro benzene ring substituents is 1. The highest BCUT2D eigenvalue weighted by Gasteiger charge is 2.23. The van der Waals surface area contributed by atoms with Crippen molar-refractivity contribution in [3.05, 3.63) is 46.9 Å². The zero-order valence-electron chi connectivity index (χ0n) is 15.8. The topological polar surface area (TPSA) is 110 Å². The number of piperazine rings is 1. The third-order valence-corrected chi connectivity index (χ3v) is 5.85. The van der Waals surface area contributed by atoms with Gasteiger partial charge in [-0.3, -0.25) is 19.6 Å². The Labute approximate surface area is 170 Å². The Morgan fingerprint density at radius 1 is 1.17 bits per heavy atom. The number of rotatable bonds is 5. The van der Waals surface area contributed by atoms with Gasteiger partial charge in [-0.25, -0.2) is 9.97 Å². The summed E-state index contributed by atoms with van der Waals surface area (Å²) in [7, 11) is 1.85. The number of anilines is 1. The fourth-order valence-corrected chi connectivity index (χ4v) is 4.07. The Bertz CT molecular complexity index is 1050. The second-order valence-electron chi connectivity index (χ2n) is 6.61. The van der Waals surface area contributed by atoms with Gasteiger partial charge in [0.25, 0.3) is 5.69 Å². The minimum atomic E-state index is -0.435. The molecular formula is C18H19N7O3S. The molecule has 1 aliphatic rings. The number of thioether (sulfide) groups is 1. The number of amides is 1. The van der Waals surface area contributed by atoms with Crippen LogP contribution in [0, 0.1) is 10.1 Å². The summed E-state index contributed by atoms with van der Waals surface area (Å²) in [5.41, 5.74) is 0.831. The van der Waals surface area contributed by atoms with Crippen LogP contribution in [0.2, 0.25) is 0 Å². The van der Waals surface area contributed by atoms with E-state index in [4.69, 9.17) is 0 Å². The molecular weight excluding hydrogens is 394 g/mol. The first kappa shape index (κ1) is 19.1. The third kappa shape index (κ3) is 3.99. The van der Waals surface area contributed by atoms with Gasteiger partial charge >= 0.3 is 0 Å². The SMILES string of the molecule is Cn1ncc2c(N3CCN(C(=O)CSc4ccc([N+](=O)[O-])cc4)CC3)ncnc21. The van der Waals surface area contributed by atoms with E-state index >= 15 is 0 Å². The number of aromatic nitrogens is 4. The molecule has 1 aromatic carbocycles. The number of hydrogen-bond acceptors (Lipinski definition) is 8. The van der Waals surface area contributed by atoms with Gasteiger partial charge in [0.1, 0.15) is 12.1 Å². The van der Waals surface area contributed by atoms with E-state index in [1.54, 1.807) is 23.0 Å². The maximum atomic E-state index is 12.5. The zero-order chi connectivity index (χ0) is 20.4. The van der Waals surface area contributed by atoms with Gasteiger partial charge in [-0.05, 0) is 12.1 Å². The largest absolute Gasteiger partial charge is 0.352 e. The molecule has 3 heterocycles. The van der Waals surface area contributed by atoms with Gasteiger partial charge in [-0.2, -0.15) is 5.10 Å². The van der Waals surface area contributed by atoms with Gasteiger partial charge in [0.15, 0.2) is 5.65 Å². The van der Waals surface area contributed by atoms with Crippen molar-refractivity contribution in [1.82, 2.24) is 24.6 Å². The molecule has 11 heteroatoms. The molecule has 0 radical (unpaired) electrons. The second-order valence-corrected chi connectivity index (χ2v) is 7.66. The highest BCUT2D eigenvalue weighted by atomic mass is 32.2. The molecule has 1 fully saturated rings. The van der Waals surface area contributed by atoms with Crippen LogP contribution in [0.1, 0.15) is 0 Å². The monoisotopic (exact) mass is 413 g/mol. The molecule has 1 saturated heterocycles. The fraction of sp³-hybridized carbons (Fsp3) is 0.333. The number of nitro benzene ring substituents is 1. The highest BCUT2D eigenvalue weighted by molar-refractivity contribution is 8.00. The summed E-state index contributed by atoms with van der Waals surface area (Å²) in [4.78, 5) is 36.3. The number of nitrogens with zero attached hydrogens (tertiary/aromatic N) is 7. The van der Waals surface area contributed by atoms with Crippen molar-refractivity contribution in [2.24, 2.45) is 7.05 Å². The van der Waals surface area contributed by atoms with Crippen molar-refractivity contribution < 1.29 is 9.72 Å². The lowest BCUT2D eigenvalue weighted by Gasteiger charge is -2.35. The number of benzene rings is 1. The van der Waals surface area contributed by atoms with Crippen molar-refractivity contribution in [2.75, 3.05) is 36.8 Å². The second kappa shape index (κ2) is 8.03.